The number of methoxy groups -OCH3 is 1. The third-order valence-electron chi connectivity index (χ3n) is 6.18. The Kier molecular flexibility index (Phi) is 8.47. The minimum absolute atomic E-state index is 0.0281. The average molecular weight is 486 g/mol. The molecule has 36 heavy (non-hydrogen) atoms. The fourth-order valence-electron chi connectivity index (χ4n) is 4.21. The predicted octanol–water partition coefficient (Wildman–Crippen LogP) is 4.23. The average Bonchev–Trinajstić information content (AvgIpc) is 2.92. The Morgan fingerprint density at radius 1 is 1.00 bits per heavy atom. The smallest absolute Gasteiger partial charge is 0.337 e. The van der Waals surface area contributed by atoms with Crippen LogP contribution in [-0.4, -0.2) is 47.2 Å². The molecule has 0 N–H and O–H groups in total. The van der Waals surface area contributed by atoms with Gasteiger partial charge in [-0.25, -0.2) is 4.79 Å². The molecule has 0 aliphatic heterocycles. The Morgan fingerprint density at radius 2 is 1.86 bits per heavy atom. The minimum atomic E-state index is -0.331. The van der Waals surface area contributed by atoms with Crippen molar-refractivity contribution in [3.63, 3.8) is 0 Å². The molecule has 2 aromatic heterocycles. The van der Waals surface area contributed by atoms with Crippen molar-refractivity contribution in [2.24, 2.45) is 7.05 Å². The quantitative estimate of drug-likeness (QED) is 0.234. The van der Waals surface area contributed by atoms with Crippen LogP contribution in [0.2, 0.25) is 0 Å². The van der Waals surface area contributed by atoms with E-state index in [9.17, 15) is 9.59 Å². The highest BCUT2D eigenvalue weighted by atomic mass is 16.5. The molecule has 0 aliphatic rings. The van der Waals surface area contributed by atoms with Crippen molar-refractivity contribution in [3.05, 3.63) is 106 Å². The molecule has 7 nitrogen and oxygen atoms in total. The van der Waals surface area contributed by atoms with Gasteiger partial charge in [0.2, 0.25) is 0 Å². The van der Waals surface area contributed by atoms with Crippen LogP contribution >= 0.6 is 0 Å². The van der Waals surface area contributed by atoms with E-state index in [1.54, 1.807) is 29.9 Å². The topological polar surface area (TPSA) is 73.7 Å². The number of ether oxygens (including phenoxy) is 2. The number of nitrogens with zero attached hydrogens (tertiary/aromatic N) is 3. The van der Waals surface area contributed by atoms with Crippen molar-refractivity contribution in [1.29, 1.82) is 0 Å². The Balaban J connectivity index is 1.38. The molecule has 0 unspecified atom stereocenters. The molecular formula is C29H31N3O4. The zero-order valence-electron chi connectivity index (χ0n) is 20.7. The lowest BCUT2D eigenvalue weighted by Crippen LogP contribution is -2.28. The molecule has 7 heteroatoms. The van der Waals surface area contributed by atoms with Gasteiger partial charge in [0.15, 0.2) is 0 Å². The van der Waals surface area contributed by atoms with Gasteiger partial charge in [-0.05, 0) is 66.4 Å². The molecule has 4 rings (SSSR count). The van der Waals surface area contributed by atoms with Crippen LogP contribution in [0.5, 0.6) is 5.75 Å². The molecule has 0 atom stereocenters. The number of rotatable bonds is 11. The van der Waals surface area contributed by atoms with E-state index in [1.165, 1.54) is 12.7 Å². The van der Waals surface area contributed by atoms with E-state index in [0.717, 1.165) is 54.7 Å². The number of fused-ring (bicyclic) bond motifs is 1. The van der Waals surface area contributed by atoms with Gasteiger partial charge in [-0.3, -0.25) is 14.7 Å². The maximum Gasteiger partial charge on any atom is 0.337 e. The van der Waals surface area contributed by atoms with Gasteiger partial charge < -0.3 is 14.0 Å². The van der Waals surface area contributed by atoms with Crippen molar-refractivity contribution in [2.45, 2.75) is 19.4 Å². The maximum absolute atomic E-state index is 11.9. The number of aryl methyl sites for hydroxylation is 1. The first kappa shape index (κ1) is 25.1. The van der Waals surface area contributed by atoms with Crippen LogP contribution in [0, 0.1) is 0 Å². The van der Waals surface area contributed by atoms with Gasteiger partial charge in [0.05, 0.1) is 24.8 Å². The first-order valence-electron chi connectivity index (χ1n) is 12.0. The van der Waals surface area contributed by atoms with E-state index in [-0.39, 0.29) is 11.5 Å². The summed E-state index contributed by atoms with van der Waals surface area (Å²) in [5, 5.41) is 0.971. The molecule has 4 aromatic rings. The summed E-state index contributed by atoms with van der Waals surface area (Å²) in [5.41, 5.74) is 3.65. The number of carbonyl (C=O) groups excluding carboxylic acids is 1. The molecule has 0 radical (unpaired) electrons. The zero-order chi connectivity index (χ0) is 25.3. The second kappa shape index (κ2) is 12.1. The third-order valence-corrected chi connectivity index (χ3v) is 6.18. The van der Waals surface area contributed by atoms with Crippen LogP contribution in [0.25, 0.3) is 10.9 Å². The largest absolute Gasteiger partial charge is 0.494 e. The van der Waals surface area contributed by atoms with E-state index >= 15 is 0 Å². The summed E-state index contributed by atoms with van der Waals surface area (Å²) >= 11 is 0. The summed E-state index contributed by atoms with van der Waals surface area (Å²) in [5.74, 6) is 0.455. The van der Waals surface area contributed by atoms with E-state index in [0.29, 0.717) is 12.2 Å². The molecule has 186 valence electrons. The number of carbonyl (C=O) groups is 1. The lowest BCUT2D eigenvalue weighted by atomic mass is 10.1. The summed E-state index contributed by atoms with van der Waals surface area (Å²) in [6, 6.07) is 20.8. The fraction of sp³-hybridized carbons (Fsp3) is 0.276. The Hall–Kier alpha value is -3.97. The summed E-state index contributed by atoms with van der Waals surface area (Å²) in [7, 11) is 3.16. The second-order valence-corrected chi connectivity index (χ2v) is 8.73. The molecule has 0 saturated carbocycles. The Morgan fingerprint density at radius 3 is 2.67 bits per heavy atom. The van der Waals surface area contributed by atoms with Crippen molar-refractivity contribution < 1.29 is 14.3 Å². The highest BCUT2D eigenvalue weighted by Crippen LogP contribution is 2.19. The predicted molar refractivity (Wildman–Crippen MR) is 140 cm³/mol. The Labute approximate surface area is 210 Å². The lowest BCUT2D eigenvalue weighted by Gasteiger charge is -2.23. The van der Waals surface area contributed by atoms with Crippen molar-refractivity contribution in [1.82, 2.24) is 14.5 Å². The van der Waals surface area contributed by atoms with Crippen LogP contribution < -0.4 is 10.3 Å². The highest BCUT2D eigenvalue weighted by Gasteiger charge is 2.11. The number of pyridine rings is 2. The van der Waals surface area contributed by atoms with Gasteiger partial charge in [0, 0.05) is 50.5 Å². The van der Waals surface area contributed by atoms with Crippen molar-refractivity contribution in [3.8, 4) is 5.75 Å². The van der Waals surface area contributed by atoms with Crippen LogP contribution in [0.4, 0.5) is 0 Å². The van der Waals surface area contributed by atoms with Crippen LogP contribution in [0.15, 0.2) is 83.9 Å². The van der Waals surface area contributed by atoms with Gasteiger partial charge in [-0.2, -0.15) is 0 Å². The van der Waals surface area contributed by atoms with Gasteiger partial charge in [-0.15, -0.1) is 0 Å². The standard InChI is InChI=1S/C29H31N3O4/c1-31-27-11-10-26(19-24(27)9-12-28(31)33)36-17-5-15-32(16-13-22-7-4-14-30-20-22)21-23-6-3-8-25(18-23)29(34)35-2/h3-4,6-12,14,18-20H,5,13,15-17,21H2,1-2H3. The van der Waals surface area contributed by atoms with E-state index in [1.807, 2.05) is 54.7 Å². The molecule has 2 heterocycles. The third kappa shape index (κ3) is 6.58. The fourth-order valence-corrected chi connectivity index (χ4v) is 4.21. The van der Waals surface area contributed by atoms with E-state index in [2.05, 4.69) is 16.0 Å². The monoisotopic (exact) mass is 485 g/mol. The minimum Gasteiger partial charge on any atom is -0.494 e. The van der Waals surface area contributed by atoms with Crippen molar-refractivity contribution >= 4 is 16.9 Å². The molecule has 2 aromatic carbocycles. The first-order valence-corrected chi connectivity index (χ1v) is 12.0. The van der Waals surface area contributed by atoms with Gasteiger partial charge in [-0.1, -0.05) is 18.2 Å². The number of aromatic nitrogens is 2. The first-order chi connectivity index (χ1) is 17.5. The molecule has 0 spiro atoms. The Bertz CT molecular complexity index is 1370. The summed E-state index contributed by atoms with van der Waals surface area (Å²) in [6.07, 6.45) is 5.40. The zero-order valence-corrected chi connectivity index (χ0v) is 20.7. The number of hydrogen-bond donors (Lipinski definition) is 0. The SMILES string of the molecule is COC(=O)c1cccc(CN(CCCOc2ccc3c(ccc(=O)n3C)c2)CCc2cccnc2)c1. The van der Waals surface area contributed by atoms with Gasteiger partial charge >= 0.3 is 5.97 Å². The molecular weight excluding hydrogens is 454 g/mol. The number of hydrogen-bond acceptors (Lipinski definition) is 6. The molecule has 0 fully saturated rings. The van der Waals surface area contributed by atoms with Crippen molar-refractivity contribution in [2.75, 3.05) is 26.8 Å². The molecule has 0 aliphatic carbocycles. The van der Waals surface area contributed by atoms with Gasteiger partial charge in [0.25, 0.3) is 5.56 Å². The lowest BCUT2D eigenvalue weighted by molar-refractivity contribution is 0.0600. The van der Waals surface area contributed by atoms with Crippen LogP contribution in [-0.2, 0) is 24.8 Å². The summed E-state index contributed by atoms with van der Waals surface area (Å²) < 4.78 is 12.5. The summed E-state index contributed by atoms with van der Waals surface area (Å²) in [4.78, 5) is 30.4. The number of benzene rings is 2. The second-order valence-electron chi connectivity index (χ2n) is 8.73. The highest BCUT2D eigenvalue weighted by molar-refractivity contribution is 5.89. The molecule has 0 amide bonds. The van der Waals surface area contributed by atoms with E-state index < -0.39 is 0 Å². The molecule has 0 bridgehead atoms. The normalized spacial score (nSPS) is 11.1. The maximum atomic E-state index is 11.9. The van der Waals surface area contributed by atoms with E-state index in [4.69, 9.17) is 9.47 Å². The van der Waals surface area contributed by atoms with Crippen LogP contribution in [0.1, 0.15) is 27.9 Å². The number of esters is 1. The van der Waals surface area contributed by atoms with Gasteiger partial charge in [0.1, 0.15) is 5.75 Å². The summed E-state index contributed by atoms with van der Waals surface area (Å²) in [6.45, 7) is 2.99. The van der Waals surface area contributed by atoms with Crippen LogP contribution in [0.3, 0.4) is 0 Å². The molecule has 0 saturated heterocycles.